The van der Waals surface area contributed by atoms with Crippen LogP contribution >= 0.6 is 0 Å². The van der Waals surface area contributed by atoms with E-state index in [0.29, 0.717) is 26.2 Å². The second-order valence-electron chi connectivity index (χ2n) is 7.79. The number of benzene rings is 2. The Balaban J connectivity index is 1.39. The third-order valence-corrected chi connectivity index (χ3v) is 6.66. The van der Waals surface area contributed by atoms with Crippen LogP contribution in [-0.4, -0.2) is 58.3 Å². The molecule has 2 heterocycles. The summed E-state index contributed by atoms with van der Waals surface area (Å²) in [7, 11) is 0. The molecule has 2 aliphatic heterocycles. The van der Waals surface area contributed by atoms with Gasteiger partial charge in [0.2, 0.25) is 5.91 Å². The Kier molecular flexibility index (Phi) is 6.06. The first-order valence-electron chi connectivity index (χ1n) is 10.2. The van der Waals surface area contributed by atoms with Gasteiger partial charge in [-0.25, -0.2) is 4.39 Å². The number of carbonyl (C=O) groups excluding carboxylic acids is 1. The lowest BCUT2D eigenvalue weighted by Crippen LogP contribution is -2.55. The molecule has 0 aliphatic carbocycles. The molecule has 8 heteroatoms. The van der Waals surface area contributed by atoms with Crippen LogP contribution in [-0.2, 0) is 22.3 Å². The van der Waals surface area contributed by atoms with E-state index in [9.17, 15) is 17.9 Å². The van der Waals surface area contributed by atoms with Crippen molar-refractivity contribution in [1.29, 1.82) is 0 Å². The SMILES string of the molecule is C[C@H](C(=O)N1CCN(c2ccc(S(=O)[O-])cc2)CC1)N1CCCc2cc(F)ccc21. The summed E-state index contributed by atoms with van der Waals surface area (Å²) in [4.78, 5) is 19.6. The van der Waals surface area contributed by atoms with Gasteiger partial charge in [0.15, 0.2) is 0 Å². The summed E-state index contributed by atoms with van der Waals surface area (Å²) in [5.74, 6) is -0.149. The van der Waals surface area contributed by atoms with E-state index in [2.05, 4.69) is 9.80 Å². The fourth-order valence-electron chi connectivity index (χ4n) is 4.35. The Labute approximate surface area is 178 Å². The highest BCUT2D eigenvalue weighted by Gasteiger charge is 2.31. The van der Waals surface area contributed by atoms with Crippen LogP contribution in [0.2, 0.25) is 0 Å². The maximum atomic E-state index is 13.6. The number of carbonyl (C=O) groups is 1. The molecule has 2 aliphatic rings. The lowest BCUT2D eigenvalue weighted by molar-refractivity contribution is -0.132. The van der Waals surface area contributed by atoms with E-state index in [-0.39, 0.29) is 22.7 Å². The summed E-state index contributed by atoms with van der Waals surface area (Å²) in [5, 5.41) is 0. The lowest BCUT2D eigenvalue weighted by Gasteiger charge is -2.41. The van der Waals surface area contributed by atoms with Crippen molar-refractivity contribution < 1.29 is 17.9 Å². The van der Waals surface area contributed by atoms with Gasteiger partial charge in [0, 0.05) is 49.0 Å². The van der Waals surface area contributed by atoms with Crippen molar-refractivity contribution in [3.8, 4) is 0 Å². The van der Waals surface area contributed by atoms with Crippen molar-refractivity contribution in [3.63, 3.8) is 0 Å². The molecule has 1 unspecified atom stereocenters. The minimum absolute atomic E-state index is 0.0870. The van der Waals surface area contributed by atoms with Gasteiger partial charge in [0.25, 0.3) is 0 Å². The van der Waals surface area contributed by atoms with Crippen molar-refractivity contribution in [2.24, 2.45) is 0 Å². The molecule has 0 radical (unpaired) electrons. The molecule has 4 rings (SSSR count). The summed E-state index contributed by atoms with van der Waals surface area (Å²) >= 11 is -2.23. The Morgan fingerprint density at radius 3 is 2.43 bits per heavy atom. The molecule has 0 N–H and O–H groups in total. The number of rotatable bonds is 4. The van der Waals surface area contributed by atoms with Crippen molar-refractivity contribution >= 4 is 28.4 Å². The maximum Gasteiger partial charge on any atom is 0.245 e. The number of anilines is 2. The summed E-state index contributed by atoms with van der Waals surface area (Å²) in [5.41, 5.74) is 2.88. The monoisotopic (exact) mass is 430 g/mol. The number of halogens is 1. The normalized spacial score (nSPS) is 18.7. The van der Waals surface area contributed by atoms with Crippen LogP contribution < -0.4 is 9.80 Å². The van der Waals surface area contributed by atoms with Gasteiger partial charge >= 0.3 is 0 Å². The molecule has 0 spiro atoms. The molecule has 0 bridgehead atoms. The first kappa shape index (κ1) is 20.8. The molecule has 1 saturated heterocycles. The van der Waals surface area contributed by atoms with E-state index in [1.54, 1.807) is 36.4 Å². The Morgan fingerprint density at radius 2 is 1.77 bits per heavy atom. The maximum absolute atomic E-state index is 13.6. The molecule has 0 saturated carbocycles. The van der Waals surface area contributed by atoms with Crippen LogP contribution in [0, 0.1) is 5.82 Å². The van der Waals surface area contributed by atoms with Gasteiger partial charge in [-0.15, -0.1) is 0 Å². The zero-order valence-electron chi connectivity index (χ0n) is 16.9. The van der Waals surface area contributed by atoms with Crippen molar-refractivity contribution in [2.45, 2.75) is 30.7 Å². The van der Waals surface area contributed by atoms with Gasteiger partial charge in [-0.05, 0) is 78.9 Å². The van der Waals surface area contributed by atoms with E-state index in [1.165, 1.54) is 6.07 Å². The third kappa shape index (κ3) is 4.20. The number of amides is 1. The molecule has 30 heavy (non-hydrogen) atoms. The predicted molar refractivity (Wildman–Crippen MR) is 114 cm³/mol. The summed E-state index contributed by atoms with van der Waals surface area (Å²) in [6.07, 6.45) is 1.74. The fraction of sp³-hybridized carbons (Fsp3) is 0.409. The number of nitrogens with zero attached hydrogens (tertiary/aromatic N) is 3. The predicted octanol–water partition coefficient (Wildman–Crippen LogP) is 2.55. The molecule has 2 atom stereocenters. The van der Waals surface area contributed by atoms with Crippen LogP contribution in [0.5, 0.6) is 0 Å². The smallest absolute Gasteiger partial charge is 0.245 e. The zero-order chi connectivity index (χ0) is 21.3. The van der Waals surface area contributed by atoms with Crippen LogP contribution in [0.3, 0.4) is 0 Å². The van der Waals surface area contributed by atoms with Crippen molar-refractivity contribution in [3.05, 3.63) is 53.8 Å². The third-order valence-electron chi connectivity index (χ3n) is 6.01. The fourth-order valence-corrected chi connectivity index (χ4v) is 4.71. The van der Waals surface area contributed by atoms with Gasteiger partial charge in [-0.1, -0.05) is 0 Å². The summed E-state index contributed by atoms with van der Waals surface area (Å²) < 4.78 is 35.6. The van der Waals surface area contributed by atoms with Crippen molar-refractivity contribution in [2.75, 3.05) is 42.5 Å². The van der Waals surface area contributed by atoms with Gasteiger partial charge < -0.3 is 19.3 Å². The first-order chi connectivity index (χ1) is 14.4. The highest BCUT2D eigenvalue weighted by atomic mass is 32.2. The van der Waals surface area contributed by atoms with E-state index in [1.807, 2.05) is 11.8 Å². The molecular weight excluding hydrogens is 405 g/mol. The topological polar surface area (TPSA) is 66.9 Å². The highest BCUT2D eigenvalue weighted by molar-refractivity contribution is 7.79. The average molecular weight is 431 g/mol. The zero-order valence-corrected chi connectivity index (χ0v) is 17.7. The standard InChI is InChI=1S/C22H26FN3O3S/c1-16(26-10-2-3-17-15-18(23)4-9-21(17)26)22(27)25-13-11-24(12-14-25)19-5-7-20(8-6-19)30(28)29/h4-9,15-16H,2-3,10-14H2,1H3,(H,28,29)/p-1/t16-/m1/s1. The lowest BCUT2D eigenvalue weighted by atomic mass is 9.99. The average Bonchev–Trinajstić information content (AvgIpc) is 2.77. The van der Waals surface area contributed by atoms with Crippen LogP contribution in [0.15, 0.2) is 47.4 Å². The second kappa shape index (κ2) is 8.73. The van der Waals surface area contributed by atoms with Crippen LogP contribution in [0.25, 0.3) is 0 Å². The molecule has 0 aromatic heterocycles. The van der Waals surface area contributed by atoms with Crippen LogP contribution in [0.1, 0.15) is 18.9 Å². The highest BCUT2D eigenvalue weighted by Crippen LogP contribution is 2.30. The van der Waals surface area contributed by atoms with Gasteiger partial charge in [0.1, 0.15) is 11.9 Å². The Hall–Kier alpha value is -2.45. The van der Waals surface area contributed by atoms with E-state index >= 15 is 0 Å². The quantitative estimate of drug-likeness (QED) is 0.698. The molecule has 6 nitrogen and oxygen atoms in total. The van der Waals surface area contributed by atoms with E-state index < -0.39 is 11.1 Å². The Morgan fingerprint density at radius 1 is 1.07 bits per heavy atom. The molecular formula is C22H25FN3O3S-. The molecule has 1 fully saturated rings. The molecule has 2 aromatic carbocycles. The number of piperazine rings is 1. The largest absolute Gasteiger partial charge is 0.768 e. The van der Waals surface area contributed by atoms with Gasteiger partial charge in [-0.3, -0.25) is 9.00 Å². The number of hydrogen-bond donors (Lipinski definition) is 0. The van der Waals surface area contributed by atoms with E-state index in [4.69, 9.17) is 0 Å². The molecule has 160 valence electrons. The number of hydrogen-bond acceptors (Lipinski definition) is 5. The van der Waals surface area contributed by atoms with Crippen LogP contribution in [0.4, 0.5) is 15.8 Å². The summed E-state index contributed by atoms with van der Waals surface area (Å²) in [6, 6.07) is 11.3. The molecule has 1 amide bonds. The summed E-state index contributed by atoms with van der Waals surface area (Å²) in [6.45, 7) is 5.33. The minimum Gasteiger partial charge on any atom is -0.768 e. The van der Waals surface area contributed by atoms with Crippen molar-refractivity contribution in [1.82, 2.24) is 4.90 Å². The number of fused-ring (bicyclic) bond motifs is 1. The molecule has 2 aromatic rings. The second-order valence-corrected chi connectivity index (χ2v) is 8.73. The number of aryl methyl sites for hydroxylation is 1. The van der Waals surface area contributed by atoms with E-state index in [0.717, 1.165) is 36.3 Å². The van der Waals surface area contributed by atoms with Gasteiger partial charge in [-0.2, -0.15) is 0 Å². The first-order valence-corrected chi connectivity index (χ1v) is 11.3. The Bertz CT molecular complexity index is 945. The minimum atomic E-state index is -2.23. The van der Waals surface area contributed by atoms with Gasteiger partial charge in [0.05, 0.1) is 0 Å².